The zero-order valence-electron chi connectivity index (χ0n) is 11.4. The normalized spacial score (nSPS) is 12.6. The van der Waals surface area contributed by atoms with Crippen LogP contribution in [-0.2, 0) is 14.3 Å². The first-order valence-electron chi connectivity index (χ1n) is 6.18. The predicted octanol–water partition coefficient (Wildman–Crippen LogP) is 0.643. The first-order chi connectivity index (χ1) is 9.49. The van der Waals surface area contributed by atoms with Crippen LogP contribution < -0.4 is 5.32 Å². The number of hydrogen-bond donors (Lipinski definition) is 3. The van der Waals surface area contributed by atoms with Gasteiger partial charge < -0.3 is 20.3 Å². The van der Waals surface area contributed by atoms with Gasteiger partial charge in [-0.1, -0.05) is 31.4 Å². The number of carboxylic acid groups (broad SMARTS) is 1. The summed E-state index contributed by atoms with van der Waals surface area (Å²) in [6.45, 7) is 7.53. The van der Waals surface area contributed by atoms with Crippen molar-refractivity contribution in [1.29, 1.82) is 0 Å². The third kappa shape index (κ3) is 10.0. The Labute approximate surface area is 118 Å². The van der Waals surface area contributed by atoms with E-state index >= 15 is 0 Å². The van der Waals surface area contributed by atoms with Gasteiger partial charge in [0.1, 0.15) is 0 Å². The standard InChI is InChI=1S/C14H21NO5/c1-3-5-11(4-2)9-20-10-12(16)8-15-13(17)6-7-14(18)19/h3-5,12,16H,1-2,6-10H2,(H,15,17)(H,18,19)/b11-5+. The van der Waals surface area contributed by atoms with Gasteiger partial charge in [0.25, 0.3) is 0 Å². The molecule has 0 saturated heterocycles. The third-order valence-corrected chi connectivity index (χ3v) is 2.27. The van der Waals surface area contributed by atoms with E-state index in [1.165, 1.54) is 0 Å². The van der Waals surface area contributed by atoms with E-state index in [2.05, 4.69) is 18.5 Å². The van der Waals surface area contributed by atoms with Gasteiger partial charge in [-0.05, 0) is 5.57 Å². The molecule has 0 fully saturated rings. The van der Waals surface area contributed by atoms with Crippen LogP contribution in [0.2, 0.25) is 0 Å². The van der Waals surface area contributed by atoms with Crippen LogP contribution in [-0.4, -0.2) is 48.0 Å². The number of carbonyl (C=O) groups is 2. The van der Waals surface area contributed by atoms with Crippen molar-refractivity contribution in [2.75, 3.05) is 19.8 Å². The van der Waals surface area contributed by atoms with Crippen molar-refractivity contribution >= 4 is 11.9 Å². The molecular weight excluding hydrogens is 262 g/mol. The van der Waals surface area contributed by atoms with E-state index in [4.69, 9.17) is 9.84 Å². The Hall–Kier alpha value is -1.92. The van der Waals surface area contributed by atoms with Crippen molar-refractivity contribution in [3.8, 4) is 0 Å². The maximum absolute atomic E-state index is 11.2. The molecule has 6 nitrogen and oxygen atoms in total. The summed E-state index contributed by atoms with van der Waals surface area (Å²) < 4.78 is 5.25. The smallest absolute Gasteiger partial charge is 0.303 e. The van der Waals surface area contributed by atoms with Crippen LogP contribution in [0.4, 0.5) is 0 Å². The molecule has 0 aliphatic heterocycles. The average molecular weight is 283 g/mol. The maximum Gasteiger partial charge on any atom is 0.303 e. The Kier molecular flexibility index (Phi) is 9.90. The Morgan fingerprint density at radius 3 is 2.55 bits per heavy atom. The number of rotatable bonds is 11. The molecule has 6 heteroatoms. The molecule has 0 bridgehead atoms. The predicted molar refractivity (Wildman–Crippen MR) is 75.2 cm³/mol. The summed E-state index contributed by atoms with van der Waals surface area (Å²) in [6, 6.07) is 0. The van der Waals surface area contributed by atoms with Crippen LogP contribution in [0.25, 0.3) is 0 Å². The minimum absolute atomic E-state index is 0.0209. The van der Waals surface area contributed by atoms with Crippen LogP contribution in [0, 0.1) is 0 Å². The lowest BCUT2D eigenvalue weighted by Crippen LogP contribution is -2.34. The molecule has 0 aromatic rings. The van der Waals surface area contributed by atoms with Crippen LogP contribution in [0.1, 0.15) is 12.8 Å². The van der Waals surface area contributed by atoms with Crippen LogP contribution >= 0.6 is 0 Å². The summed E-state index contributed by atoms with van der Waals surface area (Å²) >= 11 is 0. The Bertz CT molecular complexity index is 376. The molecule has 0 aliphatic rings. The van der Waals surface area contributed by atoms with Gasteiger partial charge in [0.15, 0.2) is 0 Å². The number of allylic oxidation sites excluding steroid dienone is 2. The quantitative estimate of drug-likeness (QED) is 0.484. The molecular formula is C14H21NO5. The molecule has 0 radical (unpaired) electrons. The van der Waals surface area contributed by atoms with Crippen molar-refractivity contribution in [2.24, 2.45) is 0 Å². The van der Waals surface area contributed by atoms with Gasteiger partial charge in [0.05, 0.1) is 25.7 Å². The number of ether oxygens (including phenoxy) is 1. The molecule has 0 aromatic heterocycles. The molecule has 0 heterocycles. The van der Waals surface area contributed by atoms with Gasteiger partial charge >= 0.3 is 5.97 Å². The van der Waals surface area contributed by atoms with Gasteiger partial charge in [-0.15, -0.1) is 0 Å². The number of nitrogens with one attached hydrogen (secondary N) is 1. The zero-order valence-corrected chi connectivity index (χ0v) is 11.4. The third-order valence-electron chi connectivity index (χ3n) is 2.27. The minimum atomic E-state index is -1.03. The maximum atomic E-state index is 11.2. The fourth-order valence-electron chi connectivity index (χ4n) is 1.24. The number of carboxylic acids is 1. The monoisotopic (exact) mass is 283 g/mol. The second-order valence-electron chi connectivity index (χ2n) is 4.05. The van der Waals surface area contributed by atoms with Gasteiger partial charge in [0, 0.05) is 13.0 Å². The van der Waals surface area contributed by atoms with Crippen molar-refractivity contribution in [3.05, 3.63) is 37.0 Å². The Morgan fingerprint density at radius 2 is 2.00 bits per heavy atom. The summed E-state index contributed by atoms with van der Waals surface area (Å²) in [7, 11) is 0. The highest BCUT2D eigenvalue weighted by atomic mass is 16.5. The van der Waals surface area contributed by atoms with Crippen LogP contribution in [0.3, 0.4) is 0 Å². The second-order valence-corrected chi connectivity index (χ2v) is 4.05. The number of carbonyl (C=O) groups excluding carboxylic acids is 1. The lowest BCUT2D eigenvalue weighted by atomic mass is 10.2. The Balaban J connectivity index is 3.78. The van der Waals surface area contributed by atoms with Crippen molar-refractivity contribution in [3.63, 3.8) is 0 Å². The SMILES string of the molecule is C=C/C=C(\C=C)COCC(O)CNC(=O)CCC(=O)O. The molecule has 0 aliphatic carbocycles. The second kappa shape index (κ2) is 11.0. The fourth-order valence-corrected chi connectivity index (χ4v) is 1.24. The molecule has 0 saturated carbocycles. The Morgan fingerprint density at radius 1 is 1.30 bits per heavy atom. The highest BCUT2D eigenvalue weighted by Crippen LogP contribution is 1.98. The van der Waals surface area contributed by atoms with E-state index < -0.39 is 18.0 Å². The van der Waals surface area contributed by atoms with E-state index in [-0.39, 0.29) is 26.0 Å². The molecule has 0 rings (SSSR count). The lowest BCUT2D eigenvalue weighted by Gasteiger charge is -2.12. The van der Waals surface area contributed by atoms with Crippen molar-refractivity contribution in [2.45, 2.75) is 18.9 Å². The number of amides is 1. The van der Waals surface area contributed by atoms with E-state index in [1.54, 1.807) is 18.2 Å². The molecule has 112 valence electrons. The van der Waals surface area contributed by atoms with Gasteiger partial charge in [-0.2, -0.15) is 0 Å². The lowest BCUT2D eigenvalue weighted by molar-refractivity contribution is -0.138. The van der Waals surface area contributed by atoms with E-state index in [1.807, 2.05) is 0 Å². The number of aliphatic hydroxyl groups is 1. The largest absolute Gasteiger partial charge is 0.481 e. The average Bonchev–Trinajstić information content (AvgIpc) is 2.41. The molecule has 3 N–H and O–H groups in total. The highest BCUT2D eigenvalue weighted by molar-refractivity contribution is 5.80. The molecule has 20 heavy (non-hydrogen) atoms. The summed E-state index contributed by atoms with van der Waals surface area (Å²) in [6.07, 6.45) is 3.80. The molecule has 1 amide bonds. The molecule has 1 unspecified atom stereocenters. The van der Waals surface area contributed by atoms with Crippen LogP contribution in [0.15, 0.2) is 37.0 Å². The number of hydrogen-bond acceptors (Lipinski definition) is 4. The summed E-state index contributed by atoms with van der Waals surface area (Å²) in [5.41, 5.74) is 0.831. The van der Waals surface area contributed by atoms with Crippen molar-refractivity contribution < 1.29 is 24.5 Å². The van der Waals surface area contributed by atoms with E-state index in [9.17, 15) is 14.7 Å². The minimum Gasteiger partial charge on any atom is -0.481 e. The molecule has 0 aromatic carbocycles. The van der Waals surface area contributed by atoms with Crippen molar-refractivity contribution in [1.82, 2.24) is 5.32 Å². The van der Waals surface area contributed by atoms with Gasteiger partial charge in [-0.3, -0.25) is 9.59 Å². The fraction of sp³-hybridized carbons (Fsp3) is 0.429. The van der Waals surface area contributed by atoms with Gasteiger partial charge in [0.2, 0.25) is 5.91 Å². The number of aliphatic hydroxyl groups excluding tert-OH is 1. The summed E-state index contributed by atoms with van der Waals surface area (Å²) in [5.74, 6) is -1.44. The molecule has 1 atom stereocenters. The zero-order chi connectivity index (χ0) is 15.4. The van der Waals surface area contributed by atoms with E-state index in [0.717, 1.165) is 5.57 Å². The topological polar surface area (TPSA) is 95.9 Å². The summed E-state index contributed by atoms with van der Waals surface area (Å²) in [4.78, 5) is 21.5. The number of aliphatic carboxylic acids is 1. The van der Waals surface area contributed by atoms with E-state index in [0.29, 0.717) is 6.61 Å². The van der Waals surface area contributed by atoms with Gasteiger partial charge in [-0.25, -0.2) is 0 Å². The molecule has 0 spiro atoms. The first-order valence-corrected chi connectivity index (χ1v) is 6.18. The summed E-state index contributed by atoms with van der Waals surface area (Å²) in [5, 5.41) is 20.4. The van der Waals surface area contributed by atoms with Crippen LogP contribution in [0.5, 0.6) is 0 Å². The first kappa shape index (κ1) is 18.1. The highest BCUT2D eigenvalue weighted by Gasteiger charge is 2.09.